The average molecular weight is 108 g/mol. The molecule has 44 valence electrons. The molecular weight excluding hydrogens is 96.1 g/mol. The van der Waals surface area contributed by atoms with Crippen LogP contribution < -0.4 is 0 Å². The van der Waals surface area contributed by atoms with Gasteiger partial charge >= 0.3 is 0 Å². The zero-order valence-electron chi connectivity index (χ0n) is 5.41. The van der Waals surface area contributed by atoms with Crippen LogP contribution in [0.2, 0.25) is 0 Å². The molecule has 0 amide bonds. The fourth-order valence-corrected chi connectivity index (χ4v) is 1.55. The first-order valence-electron chi connectivity index (χ1n) is 3.42. The van der Waals surface area contributed by atoms with Gasteiger partial charge in [0.25, 0.3) is 0 Å². The minimum absolute atomic E-state index is 0.625. The van der Waals surface area contributed by atoms with Gasteiger partial charge in [-0.25, -0.2) is 0 Å². The third kappa shape index (κ3) is 0.410. The Labute approximate surface area is 50.6 Å². The molecule has 1 unspecified atom stereocenters. The molecule has 0 aromatic rings. The van der Waals surface area contributed by atoms with E-state index in [2.05, 4.69) is 13.5 Å². The van der Waals surface area contributed by atoms with Gasteiger partial charge in [-0.1, -0.05) is 19.1 Å². The molecule has 0 aromatic carbocycles. The van der Waals surface area contributed by atoms with Gasteiger partial charge in [0.1, 0.15) is 0 Å². The topological polar surface area (TPSA) is 0 Å². The quantitative estimate of drug-likeness (QED) is 0.452. The standard InChI is InChI=1S/C8H12/c1-6-5-8(6,2)7-3-4-7/h7H,1,3-5H2,2H3. The van der Waals surface area contributed by atoms with E-state index in [0.29, 0.717) is 5.41 Å². The lowest BCUT2D eigenvalue weighted by Gasteiger charge is -2.00. The lowest BCUT2D eigenvalue weighted by molar-refractivity contribution is 0.518. The van der Waals surface area contributed by atoms with Crippen LogP contribution in [-0.4, -0.2) is 0 Å². The van der Waals surface area contributed by atoms with E-state index in [1.165, 1.54) is 24.8 Å². The molecule has 1 atom stereocenters. The lowest BCUT2D eigenvalue weighted by atomic mass is 10.0. The minimum atomic E-state index is 0.625. The first kappa shape index (κ1) is 4.60. The van der Waals surface area contributed by atoms with Gasteiger partial charge < -0.3 is 0 Å². The first-order valence-corrected chi connectivity index (χ1v) is 3.42. The molecule has 0 spiro atoms. The third-order valence-corrected chi connectivity index (χ3v) is 2.74. The normalized spacial score (nSPS) is 44.9. The molecule has 0 radical (unpaired) electrons. The molecule has 0 N–H and O–H groups in total. The Morgan fingerprint density at radius 3 is 2.25 bits per heavy atom. The van der Waals surface area contributed by atoms with Crippen LogP contribution >= 0.6 is 0 Å². The molecule has 2 fully saturated rings. The molecule has 0 aromatic heterocycles. The molecule has 2 saturated carbocycles. The highest BCUT2D eigenvalue weighted by atomic mass is 14.6. The summed E-state index contributed by atoms with van der Waals surface area (Å²) in [4.78, 5) is 0. The summed E-state index contributed by atoms with van der Waals surface area (Å²) in [5, 5.41) is 0. The largest absolute Gasteiger partial charge is 0.0993 e. The van der Waals surface area contributed by atoms with Crippen LogP contribution in [0, 0.1) is 11.3 Å². The Balaban J connectivity index is 2.14. The summed E-state index contributed by atoms with van der Waals surface area (Å²) in [5.74, 6) is 1.04. The lowest BCUT2D eigenvalue weighted by Crippen LogP contribution is -1.93. The predicted molar refractivity (Wildman–Crippen MR) is 34.6 cm³/mol. The molecular formula is C8H12. The maximum Gasteiger partial charge on any atom is -0.00533 e. The molecule has 0 nitrogen and oxygen atoms in total. The summed E-state index contributed by atoms with van der Waals surface area (Å²) < 4.78 is 0. The van der Waals surface area contributed by atoms with Crippen molar-refractivity contribution in [2.45, 2.75) is 26.2 Å². The second-order valence-electron chi connectivity index (χ2n) is 3.47. The fraction of sp³-hybridized carbons (Fsp3) is 0.750. The van der Waals surface area contributed by atoms with Gasteiger partial charge in [0, 0.05) is 0 Å². The Morgan fingerprint density at radius 1 is 1.62 bits per heavy atom. The maximum absolute atomic E-state index is 3.98. The summed E-state index contributed by atoms with van der Waals surface area (Å²) in [6.45, 7) is 6.34. The van der Waals surface area contributed by atoms with Crippen molar-refractivity contribution in [2.24, 2.45) is 11.3 Å². The molecule has 2 rings (SSSR count). The average Bonchev–Trinajstić information content (AvgIpc) is 2.44. The van der Waals surface area contributed by atoms with E-state index < -0.39 is 0 Å². The Morgan fingerprint density at radius 2 is 2.12 bits per heavy atom. The minimum Gasteiger partial charge on any atom is -0.0993 e. The van der Waals surface area contributed by atoms with Gasteiger partial charge in [0.05, 0.1) is 0 Å². The van der Waals surface area contributed by atoms with Crippen molar-refractivity contribution in [3.8, 4) is 0 Å². The van der Waals surface area contributed by atoms with Gasteiger partial charge in [-0.3, -0.25) is 0 Å². The number of hydrogen-bond donors (Lipinski definition) is 0. The summed E-state index contributed by atoms with van der Waals surface area (Å²) in [7, 11) is 0. The van der Waals surface area contributed by atoms with Crippen LogP contribution in [0.3, 0.4) is 0 Å². The molecule has 0 bridgehead atoms. The zero-order chi connectivity index (χ0) is 5.78. The fourth-order valence-electron chi connectivity index (χ4n) is 1.55. The van der Waals surface area contributed by atoms with E-state index in [1.54, 1.807) is 0 Å². The highest BCUT2D eigenvalue weighted by Crippen LogP contribution is 2.63. The Hall–Kier alpha value is -0.260. The third-order valence-electron chi connectivity index (χ3n) is 2.74. The molecule has 0 aliphatic heterocycles. The smallest absolute Gasteiger partial charge is 0.00533 e. The van der Waals surface area contributed by atoms with Crippen LogP contribution in [-0.2, 0) is 0 Å². The summed E-state index contributed by atoms with van der Waals surface area (Å²) >= 11 is 0. The first-order chi connectivity index (χ1) is 3.73. The molecule has 2 aliphatic rings. The molecule has 0 heterocycles. The second kappa shape index (κ2) is 1.02. The number of hydrogen-bond acceptors (Lipinski definition) is 0. The number of rotatable bonds is 1. The zero-order valence-corrected chi connectivity index (χ0v) is 5.41. The van der Waals surface area contributed by atoms with Crippen molar-refractivity contribution in [1.29, 1.82) is 0 Å². The monoisotopic (exact) mass is 108 g/mol. The van der Waals surface area contributed by atoms with Crippen LogP contribution in [0.5, 0.6) is 0 Å². The maximum atomic E-state index is 3.98. The summed E-state index contributed by atoms with van der Waals surface area (Å²) in [6.07, 6.45) is 4.25. The number of allylic oxidation sites excluding steroid dienone is 1. The molecule has 0 heteroatoms. The van der Waals surface area contributed by atoms with Gasteiger partial charge in [-0.05, 0) is 30.6 Å². The van der Waals surface area contributed by atoms with Gasteiger partial charge in [0.2, 0.25) is 0 Å². The van der Waals surface area contributed by atoms with Gasteiger partial charge in [-0.15, -0.1) is 0 Å². The van der Waals surface area contributed by atoms with Crippen molar-refractivity contribution in [3.05, 3.63) is 12.2 Å². The molecule has 0 saturated heterocycles. The highest BCUT2D eigenvalue weighted by molar-refractivity contribution is 5.31. The van der Waals surface area contributed by atoms with E-state index in [1.807, 2.05) is 0 Å². The van der Waals surface area contributed by atoms with Crippen LogP contribution in [0.25, 0.3) is 0 Å². The highest BCUT2D eigenvalue weighted by Gasteiger charge is 2.53. The van der Waals surface area contributed by atoms with E-state index >= 15 is 0 Å². The van der Waals surface area contributed by atoms with Crippen molar-refractivity contribution in [1.82, 2.24) is 0 Å². The van der Waals surface area contributed by atoms with Crippen molar-refractivity contribution >= 4 is 0 Å². The Bertz CT molecular complexity index is 142. The van der Waals surface area contributed by atoms with Crippen LogP contribution in [0.4, 0.5) is 0 Å². The summed E-state index contributed by atoms with van der Waals surface area (Å²) in [5.41, 5.74) is 2.12. The van der Waals surface area contributed by atoms with Crippen LogP contribution in [0.15, 0.2) is 12.2 Å². The van der Waals surface area contributed by atoms with E-state index in [0.717, 1.165) is 5.92 Å². The molecule has 2 aliphatic carbocycles. The second-order valence-corrected chi connectivity index (χ2v) is 3.47. The molecule has 8 heavy (non-hydrogen) atoms. The van der Waals surface area contributed by atoms with Crippen LogP contribution in [0.1, 0.15) is 26.2 Å². The SMILES string of the molecule is C=C1CC1(C)C1CC1. The predicted octanol–water partition coefficient (Wildman–Crippen LogP) is 2.36. The van der Waals surface area contributed by atoms with E-state index in [-0.39, 0.29) is 0 Å². The Kier molecular flexibility index (Phi) is 0.588. The van der Waals surface area contributed by atoms with Crippen molar-refractivity contribution in [3.63, 3.8) is 0 Å². The van der Waals surface area contributed by atoms with E-state index in [4.69, 9.17) is 0 Å². The van der Waals surface area contributed by atoms with Crippen molar-refractivity contribution in [2.75, 3.05) is 0 Å². The van der Waals surface area contributed by atoms with Gasteiger partial charge in [-0.2, -0.15) is 0 Å². The van der Waals surface area contributed by atoms with E-state index in [9.17, 15) is 0 Å². The summed E-state index contributed by atoms with van der Waals surface area (Å²) in [6, 6.07) is 0. The van der Waals surface area contributed by atoms with Gasteiger partial charge in [0.15, 0.2) is 0 Å². The van der Waals surface area contributed by atoms with Crippen molar-refractivity contribution < 1.29 is 0 Å².